The Bertz CT molecular complexity index is 896. The maximum atomic E-state index is 13.3. The average Bonchev–Trinajstić information content (AvgIpc) is 2.54. The van der Waals surface area contributed by atoms with Gasteiger partial charge < -0.3 is 5.32 Å². The number of nitriles is 1. The first-order valence-corrected chi connectivity index (χ1v) is 8.05. The molecule has 9 heteroatoms. The minimum Gasteiger partial charge on any atom is -0.325 e. The highest BCUT2D eigenvalue weighted by atomic mass is 32.2. The van der Waals surface area contributed by atoms with E-state index in [-0.39, 0.29) is 11.4 Å². The molecule has 0 fully saturated rings. The summed E-state index contributed by atoms with van der Waals surface area (Å²) in [7, 11) is 0. The van der Waals surface area contributed by atoms with Crippen molar-refractivity contribution >= 4 is 29.0 Å². The average molecular weight is 360 g/mol. The third-order valence-electron chi connectivity index (χ3n) is 3.19. The van der Waals surface area contributed by atoms with E-state index < -0.39 is 22.3 Å². The van der Waals surface area contributed by atoms with Gasteiger partial charge in [-0.05, 0) is 37.6 Å². The number of aryl methyl sites for hydroxylation is 2. The van der Waals surface area contributed by atoms with E-state index in [0.29, 0.717) is 10.6 Å². The highest BCUT2D eigenvalue weighted by molar-refractivity contribution is 8.00. The third kappa shape index (κ3) is 4.51. The SMILES string of the molecule is Cc1cc(C)c(C#N)c(SCC(=O)Nc2ccc(F)c([N+](=O)[O-])c2)n1. The Labute approximate surface area is 147 Å². The number of aromatic nitrogens is 1. The quantitative estimate of drug-likeness (QED) is 0.497. The van der Waals surface area contributed by atoms with Gasteiger partial charge in [0.2, 0.25) is 11.7 Å². The molecule has 1 heterocycles. The van der Waals surface area contributed by atoms with Crippen molar-refractivity contribution in [3.8, 4) is 6.07 Å². The minimum absolute atomic E-state index is 0.0459. The van der Waals surface area contributed by atoms with Crippen LogP contribution < -0.4 is 5.32 Å². The van der Waals surface area contributed by atoms with E-state index in [9.17, 15) is 24.6 Å². The maximum Gasteiger partial charge on any atom is 0.306 e. The third-order valence-corrected chi connectivity index (χ3v) is 4.17. The molecule has 128 valence electrons. The largest absolute Gasteiger partial charge is 0.325 e. The zero-order valence-corrected chi connectivity index (χ0v) is 14.2. The number of benzene rings is 1. The number of carbonyl (C=O) groups excluding carboxylic acids is 1. The first-order chi connectivity index (χ1) is 11.8. The van der Waals surface area contributed by atoms with Crippen molar-refractivity contribution in [1.29, 1.82) is 5.26 Å². The van der Waals surface area contributed by atoms with Gasteiger partial charge >= 0.3 is 5.69 Å². The zero-order chi connectivity index (χ0) is 18.6. The van der Waals surface area contributed by atoms with Crippen LogP contribution in [0, 0.1) is 41.1 Å². The molecule has 1 amide bonds. The van der Waals surface area contributed by atoms with Crippen molar-refractivity contribution in [2.75, 3.05) is 11.1 Å². The predicted molar refractivity (Wildman–Crippen MR) is 90.8 cm³/mol. The highest BCUT2D eigenvalue weighted by Crippen LogP contribution is 2.25. The van der Waals surface area contributed by atoms with Crippen molar-refractivity contribution < 1.29 is 14.1 Å². The summed E-state index contributed by atoms with van der Waals surface area (Å²) < 4.78 is 13.3. The number of hydrogen-bond donors (Lipinski definition) is 1. The molecule has 1 N–H and O–H groups in total. The molecule has 0 bridgehead atoms. The van der Waals surface area contributed by atoms with E-state index in [4.69, 9.17) is 0 Å². The molecular formula is C16H13FN4O3S. The van der Waals surface area contributed by atoms with Gasteiger partial charge in [0.25, 0.3) is 0 Å². The summed E-state index contributed by atoms with van der Waals surface area (Å²) in [6, 6.07) is 6.94. The molecule has 0 spiro atoms. The van der Waals surface area contributed by atoms with E-state index in [1.807, 2.05) is 0 Å². The summed E-state index contributed by atoms with van der Waals surface area (Å²) in [4.78, 5) is 26.1. The first kappa shape index (κ1) is 18.4. The van der Waals surface area contributed by atoms with Crippen LogP contribution in [-0.4, -0.2) is 21.6 Å². The van der Waals surface area contributed by atoms with E-state index in [1.165, 1.54) is 6.07 Å². The normalized spacial score (nSPS) is 10.2. The van der Waals surface area contributed by atoms with E-state index in [0.717, 1.165) is 35.2 Å². The van der Waals surface area contributed by atoms with E-state index in [1.54, 1.807) is 19.9 Å². The van der Waals surface area contributed by atoms with Crippen LogP contribution in [0.5, 0.6) is 0 Å². The molecule has 0 aliphatic rings. The van der Waals surface area contributed by atoms with Crippen LogP contribution in [0.3, 0.4) is 0 Å². The molecule has 7 nitrogen and oxygen atoms in total. The number of nitrogens with zero attached hydrogens (tertiary/aromatic N) is 3. The van der Waals surface area contributed by atoms with Crippen LogP contribution in [0.4, 0.5) is 15.8 Å². The van der Waals surface area contributed by atoms with Gasteiger partial charge in [0, 0.05) is 17.4 Å². The Morgan fingerprint density at radius 3 is 2.80 bits per heavy atom. The van der Waals surface area contributed by atoms with Crippen molar-refractivity contribution in [3.05, 3.63) is 57.0 Å². The number of nitro benzene ring substituents is 1. The molecule has 0 aliphatic heterocycles. The second-order valence-corrected chi connectivity index (χ2v) is 6.10. The van der Waals surface area contributed by atoms with Crippen molar-refractivity contribution in [3.63, 3.8) is 0 Å². The molecule has 2 rings (SSSR count). The lowest BCUT2D eigenvalue weighted by molar-refractivity contribution is -0.387. The molecule has 1 aromatic carbocycles. The van der Waals surface area contributed by atoms with Gasteiger partial charge in [0.1, 0.15) is 11.1 Å². The van der Waals surface area contributed by atoms with Gasteiger partial charge in [0.15, 0.2) is 0 Å². The number of hydrogen-bond acceptors (Lipinski definition) is 6. The van der Waals surface area contributed by atoms with Crippen LogP contribution >= 0.6 is 11.8 Å². The number of amides is 1. The number of carbonyl (C=O) groups is 1. The standard InChI is InChI=1S/C16H13FN4O3S/c1-9-5-10(2)19-16(12(9)7-18)25-8-15(22)20-11-3-4-13(17)14(6-11)21(23)24/h3-6H,8H2,1-2H3,(H,20,22). The van der Waals surface area contributed by atoms with E-state index >= 15 is 0 Å². The fourth-order valence-electron chi connectivity index (χ4n) is 2.10. The maximum absolute atomic E-state index is 13.3. The molecule has 0 radical (unpaired) electrons. The molecule has 0 aliphatic carbocycles. The lowest BCUT2D eigenvalue weighted by Gasteiger charge is -2.08. The van der Waals surface area contributed by atoms with Gasteiger partial charge in [-0.1, -0.05) is 11.8 Å². The lowest BCUT2D eigenvalue weighted by atomic mass is 10.1. The Morgan fingerprint density at radius 1 is 1.44 bits per heavy atom. The van der Waals surface area contributed by atoms with Crippen molar-refractivity contribution in [1.82, 2.24) is 4.98 Å². The van der Waals surface area contributed by atoms with Crippen molar-refractivity contribution in [2.45, 2.75) is 18.9 Å². The first-order valence-electron chi connectivity index (χ1n) is 7.06. The van der Waals surface area contributed by atoms with Crippen LogP contribution in [0.1, 0.15) is 16.8 Å². The number of rotatable bonds is 5. The minimum atomic E-state index is -0.976. The Morgan fingerprint density at radius 2 is 2.16 bits per heavy atom. The number of pyridine rings is 1. The summed E-state index contributed by atoms with van der Waals surface area (Å²) in [5.41, 5.74) is 1.31. The van der Waals surface area contributed by atoms with Crippen LogP contribution in [-0.2, 0) is 4.79 Å². The lowest BCUT2D eigenvalue weighted by Crippen LogP contribution is -2.14. The predicted octanol–water partition coefficient (Wildman–Crippen LogP) is 3.35. The van der Waals surface area contributed by atoms with Gasteiger partial charge in [-0.3, -0.25) is 14.9 Å². The van der Waals surface area contributed by atoms with Crippen LogP contribution in [0.2, 0.25) is 0 Å². The molecule has 25 heavy (non-hydrogen) atoms. The Kier molecular flexibility index (Phi) is 5.67. The number of thioether (sulfide) groups is 1. The fraction of sp³-hybridized carbons (Fsp3) is 0.188. The van der Waals surface area contributed by atoms with E-state index in [2.05, 4.69) is 16.4 Å². The summed E-state index contributed by atoms with van der Waals surface area (Å²) >= 11 is 1.09. The molecule has 0 atom stereocenters. The topological polar surface area (TPSA) is 109 Å². The summed E-state index contributed by atoms with van der Waals surface area (Å²) in [5, 5.41) is 22.8. The second-order valence-electron chi connectivity index (χ2n) is 5.13. The fourth-order valence-corrected chi connectivity index (χ4v) is 3.00. The molecule has 2 aromatic rings. The van der Waals surface area contributed by atoms with Crippen molar-refractivity contribution in [2.24, 2.45) is 0 Å². The van der Waals surface area contributed by atoms with Gasteiger partial charge in [0.05, 0.1) is 16.2 Å². The van der Waals surface area contributed by atoms with Crippen LogP contribution in [0.25, 0.3) is 0 Å². The monoisotopic (exact) mass is 360 g/mol. The number of halogens is 1. The zero-order valence-electron chi connectivity index (χ0n) is 13.4. The summed E-state index contributed by atoms with van der Waals surface area (Å²) in [6.07, 6.45) is 0. The molecular weight excluding hydrogens is 347 g/mol. The Hall–Kier alpha value is -2.99. The van der Waals surface area contributed by atoms with Gasteiger partial charge in [-0.25, -0.2) is 4.98 Å². The smallest absolute Gasteiger partial charge is 0.306 e. The Balaban J connectivity index is 2.09. The molecule has 1 aromatic heterocycles. The molecule has 0 saturated carbocycles. The highest BCUT2D eigenvalue weighted by Gasteiger charge is 2.16. The van der Waals surface area contributed by atoms with Crippen LogP contribution in [0.15, 0.2) is 29.3 Å². The number of nitro groups is 1. The molecule has 0 saturated heterocycles. The summed E-state index contributed by atoms with van der Waals surface area (Å²) in [5.74, 6) is -1.47. The number of nitrogens with one attached hydrogen (secondary N) is 1. The van der Waals surface area contributed by atoms with Gasteiger partial charge in [-0.2, -0.15) is 9.65 Å². The van der Waals surface area contributed by atoms with Gasteiger partial charge in [-0.15, -0.1) is 0 Å². The molecule has 0 unspecified atom stereocenters. The summed E-state index contributed by atoms with van der Waals surface area (Å²) in [6.45, 7) is 3.57. The number of anilines is 1. The second kappa shape index (κ2) is 7.72.